The van der Waals surface area contributed by atoms with Crippen molar-refractivity contribution in [2.24, 2.45) is 0 Å². The zero-order chi connectivity index (χ0) is 11.3. The third-order valence-corrected chi connectivity index (χ3v) is 2.11. The van der Waals surface area contributed by atoms with Gasteiger partial charge in [0.05, 0.1) is 6.61 Å². The van der Waals surface area contributed by atoms with E-state index in [0.717, 1.165) is 5.56 Å². The molecule has 1 N–H and O–H groups in total. The summed E-state index contributed by atoms with van der Waals surface area (Å²) in [7, 11) is 0. The highest BCUT2D eigenvalue weighted by molar-refractivity contribution is 6.30. The topological polar surface area (TPSA) is 46.5 Å². The fraction of sp³-hybridized carbons (Fsp3) is 0.364. The molecular weight excluding hydrogens is 216 g/mol. The van der Waals surface area contributed by atoms with Crippen molar-refractivity contribution in [2.75, 3.05) is 6.61 Å². The summed E-state index contributed by atoms with van der Waals surface area (Å²) in [5.41, 5.74) is 0.808. The first-order valence-corrected chi connectivity index (χ1v) is 5.10. The van der Waals surface area contributed by atoms with E-state index in [2.05, 4.69) is 4.74 Å². The smallest absolute Gasteiger partial charge is 0.335 e. The molecule has 0 aromatic heterocycles. The lowest BCUT2D eigenvalue weighted by Crippen LogP contribution is -2.25. The van der Waals surface area contributed by atoms with Crippen LogP contribution in [0.2, 0.25) is 5.02 Å². The van der Waals surface area contributed by atoms with Crippen LogP contribution in [-0.2, 0) is 16.0 Å². The normalized spacial score (nSPS) is 12.2. The van der Waals surface area contributed by atoms with E-state index in [1.807, 2.05) is 0 Å². The van der Waals surface area contributed by atoms with Gasteiger partial charge in [-0.2, -0.15) is 0 Å². The van der Waals surface area contributed by atoms with Gasteiger partial charge >= 0.3 is 5.97 Å². The number of carbonyl (C=O) groups is 1. The fourth-order valence-electron chi connectivity index (χ4n) is 1.21. The maximum atomic E-state index is 11.1. The summed E-state index contributed by atoms with van der Waals surface area (Å²) in [6.45, 7) is 1.97. The standard InChI is InChI=1S/C11H13ClO3/c1-2-15-11(14)10(13)7-8-4-3-5-9(12)6-8/h3-6,10,13H,2,7H2,1H3. The van der Waals surface area contributed by atoms with Crippen molar-refractivity contribution < 1.29 is 14.6 Å². The molecule has 0 heterocycles. The number of aliphatic hydroxyl groups excluding tert-OH is 1. The molecule has 0 bridgehead atoms. The van der Waals surface area contributed by atoms with E-state index in [-0.39, 0.29) is 13.0 Å². The summed E-state index contributed by atoms with van der Waals surface area (Å²) >= 11 is 5.77. The molecule has 0 radical (unpaired) electrons. The van der Waals surface area contributed by atoms with Crippen LogP contribution in [0, 0.1) is 0 Å². The molecule has 0 saturated heterocycles. The van der Waals surface area contributed by atoms with Crippen LogP contribution in [0.15, 0.2) is 24.3 Å². The molecule has 1 atom stereocenters. The first-order chi connectivity index (χ1) is 7.13. The van der Waals surface area contributed by atoms with Gasteiger partial charge in [-0.3, -0.25) is 0 Å². The summed E-state index contributed by atoms with van der Waals surface area (Å²) in [6, 6.07) is 7.02. The predicted octanol–water partition coefficient (Wildman–Crippen LogP) is 1.81. The van der Waals surface area contributed by atoms with Crippen molar-refractivity contribution in [3.63, 3.8) is 0 Å². The van der Waals surface area contributed by atoms with Gasteiger partial charge in [0.15, 0.2) is 6.10 Å². The number of esters is 1. The molecule has 15 heavy (non-hydrogen) atoms. The number of rotatable bonds is 4. The Labute approximate surface area is 93.6 Å². The van der Waals surface area contributed by atoms with Crippen molar-refractivity contribution in [3.8, 4) is 0 Å². The Morgan fingerprint density at radius 2 is 2.33 bits per heavy atom. The largest absolute Gasteiger partial charge is 0.464 e. The van der Waals surface area contributed by atoms with Gasteiger partial charge in [0, 0.05) is 11.4 Å². The van der Waals surface area contributed by atoms with E-state index in [4.69, 9.17) is 11.6 Å². The Morgan fingerprint density at radius 1 is 1.60 bits per heavy atom. The molecule has 3 nitrogen and oxygen atoms in total. The molecule has 0 spiro atoms. The van der Waals surface area contributed by atoms with Crippen LogP contribution < -0.4 is 0 Å². The quantitative estimate of drug-likeness (QED) is 0.800. The molecular formula is C11H13ClO3. The number of hydrogen-bond donors (Lipinski definition) is 1. The van der Waals surface area contributed by atoms with Crippen molar-refractivity contribution in [2.45, 2.75) is 19.4 Å². The van der Waals surface area contributed by atoms with E-state index in [0.29, 0.717) is 5.02 Å². The number of hydrogen-bond acceptors (Lipinski definition) is 3. The van der Waals surface area contributed by atoms with E-state index < -0.39 is 12.1 Å². The van der Waals surface area contributed by atoms with Crippen LogP contribution in [0.25, 0.3) is 0 Å². The van der Waals surface area contributed by atoms with Crippen LogP contribution in [0.4, 0.5) is 0 Å². The highest BCUT2D eigenvalue weighted by Crippen LogP contribution is 2.12. The summed E-state index contributed by atoms with van der Waals surface area (Å²) in [4.78, 5) is 11.1. The molecule has 1 aromatic carbocycles. The second kappa shape index (κ2) is 5.73. The summed E-state index contributed by atoms with van der Waals surface area (Å²) in [6.07, 6.45) is -0.900. The maximum absolute atomic E-state index is 11.1. The molecule has 1 unspecified atom stereocenters. The summed E-state index contributed by atoms with van der Waals surface area (Å²) in [5.74, 6) is -0.600. The lowest BCUT2D eigenvalue weighted by Gasteiger charge is -2.09. The molecule has 0 amide bonds. The van der Waals surface area contributed by atoms with Crippen molar-refractivity contribution in [3.05, 3.63) is 34.9 Å². The summed E-state index contributed by atoms with van der Waals surface area (Å²) < 4.78 is 4.68. The summed E-state index contributed by atoms with van der Waals surface area (Å²) in [5, 5.41) is 10.1. The van der Waals surface area contributed by atoms with E-state index >= 15 is 0 Å². The minimum Gasteiger partial charge on any atom is -0.464 e. The number of ether oxygens (including phenoxy) is 1. The van der Waals surface area contributed by atoms with Crippen LogP contribution in [0.1, 0.15) is 12.5 Å². The minimum absolute atomic E-state index is 0.222. The molecule has 0 fully saturated rings. The maximum Gasteiger partial charge on any atom is 0.335 e. The van der Waals surface area contributed by atoms with E-state index in [1.54, 1.807) is 31.2 Å². The van der Waals surface area contributed by atoms with Gasteiger partial charge in [0.1, 0.15) is 0 Å². The van der Waals surface area contributed by atoms with Gasteiger partial charge in [-0.05, 0) is 24.6 Å². The van der Waals surface area contributed by atoms with Crippen LogP contribution in [0.5, 0.6) is 0 Å². The Balaban J connectivity index is 2.58. The number of benzene rings is 1. The number of carbonyl (C=O) groups excluding carboxylic acids is 1. The molecule has 4 heteroatoms. The average molecular weight is 229 g/mol. The zero-order valence-electron chi connectivity index (χ0n) is 8.44. The Morgan fingerprint density at radius 3 is 2.93 bits per heavy atom. The molecule has 0 saturated carbocycles. The van der Waals surface area contributed by atoms with Gasteiger partial charge in [0.2, 0.25) is 0 Å². The van der Waals surface area contributed by atoms with Gasteiger partial charge in [-0.1, -0.05) is 23.7 Å². The molecule has 0 aliphatic rings. The Bertz CT molecular complexity index is 338. The number of halogens is 1. The molecule has 82 valence electrons. The van der Waals surface area contributed by atoms with E-state index in [1.165, 1.54) is 0 Å². The highest BCUT2D eigenvalue weighted by Gasteiger charge is 2.16. The highest BCUT2D eigenvalue weighted by atomic mass is 35.5. The van der Waals surface area contributed by atoms with Gasteiger partial charge < -0.3 is 9.84 Å². The molecule has 0 aliphatic heterocycles. The van der Waals surface area contributed by atoms with Crippen molar-refractivity contribution >= 4 is 17.6 Å². The third kappa shape index (κ3) is 3.90. The lowest BCUT2D eigenvalue weighted by atomic mass is 10.1. The Hall–Kier alpha value is -1.06. The predicted molar refractivity (Wildman–Crippen MR) is 57.8 cm³/mol. The number of aliphatic hydroxyl groups is 1. The van der Waals surface area contributed by atoms with Gasteiger partial charge in [-0.25, -0.2) is 4.79 Å². The van der Waals surface area contributed by atoms with Crippen LogP contribution in [-0.4, -0.2) is 23.8 Å². The average Bonchev–Trinajstić information content (AvgIpc) is 2.18. The third-order valence-electron chi connectivity index (χ3n) is 1.88. The second-order valence-corrected chi connectivity index (χ2v) is 3.54. The SMILES string of the molecule is CCOC(=O)C(O)Cc1cccc(Cl)c1. The van der Waals surface area contributed by atoms with Gasteiger partial charge in [-0.15, -0.1) is 0 Å². The Kier molecular flexibility index (Phi) is 4.59. The first kappa shape index (κ1) is 12.0. The molecule has 0 aliphatic carbocycles. The fourth-order valence-corrected chi connectivity index (χ4v) is 1.42. The van der Waals surface area contributed by atoms with Crippen LogP contribution >= 0.6 is 11.6 Å². The van der Waals surface area contributed by atoms with Crippen molar-refractivity contribution in [1.29, 1.82) is 0 Å². The van der Waals surface area contributed by atoms with E-state index in [9.17, 15) is 9.90 Å². The zero-order valence-corrected chi connectivity index (χ0v) is 9.20. The second-order valence-electron chi connectivity index (χ2n) is 3.10. The van der Waals surface area contributed by atoms with Gasteiger partial charge in [0.25, 0.3) is 0 Å². The lowest BCUT2D eigenvalue weighted by molar-refractivity contribution is -0.152. The molecule has 1 aromatic rings. The molecule has 1 rings (SSSR count). The monoisotopic (exact) mass is 228 g/mol. The van der Waals surface area contributed by atoms with Crippen molar-refractivity contribution in [1.82, 2.24) is 0 Å². The van der Waals surface area contributed by atoms with Crippen LogP contribution in [0.3, 0.4) is 0 Å². The first-order valence-electron chi connectivity index (χ1n) is 4.72. The minimum atomic E-state index is -1.12.